The molecule has 1 aliphatic heterocycles. The van der Waals surface area contributed by atoms with E-state index in [0.29, 0.717) is 6.54 Å². The summed E-state index contributed by atoms with van der Waals surface area (Å²) in [5, 5.41) is 1.95. The standard InChI is InChI=1S/C23H23ClN2O/c1-15-16(2)23(27)26(13-12-17-8-10-18(24)11-9-17)22(15)20-14-25(3)21-7-5-4-6-19(20)21/h4-11,14,22H,12-13H2,1-3H3. The van der Waals surface area contributed by atoms with Gasteiger partial charge in [0.25, 0.3) is 0 Å². The molecule has 1 amide bonds. The molecule has 0 N–H and O–H groups in total. The zero-order chi connectivity index (χ0) is 19.1. The van der Waals surface area contributed by atoms with Gasteiger partial charge in [0.05, 0.1) is 6.04 Å². The Hall–Kier alpha value is -2.52. The second kappa shape index (κ2) is 6.90. The van der Waals surface area contributed by atoms with E-state index in [9.17, 15) is 4.79 Å². The molecule has 1 aliphatic rings. The van der Waals surface area contributed by atoms with Crippen LogP contribution in [0.1, 0.15) is 31.0 Å². The molecular formula is C23H23ClN2O. The highest BCUT2D eigenvalue weighted by atomic mass is 35.5. The van der Waals surface area contributed by atoms with E-state index in [1.54, 1.807) is 0 Å². The lowest BCUT2D eigenvalue weighted by Crippen LogP contribution is -2.32. The van der Waals surface area contributed by atoms with E-state index in [-0.39, 0.29) is 11.9 Å². The van der Waals surface area contributed by atoms with Crippen LogP contribution in [0.5, 0.6) is 0 Å². The van der Waals surface area contributed by atoms with Crippen molar-refractivity contribution >= 4 is 28.4 Å². The number of carbonyl (C=O) groups excluding carboxylic acids is 1. The highest BCUT2D eigenvalue weighted by molar-refractivity contribution is 6.30. The number of rotatable bonds is 4. The van der Waals surface area contributed by atoms with Gasteiger partial charge in [0, 0.05) is 46.9 Å². The van der Waals surface area contributed by atoms with Crippen molar-refractivity contribution in [2.75, 3.05) is 6.54 Å². The van der Waals surface area contributed by atoms with Crippen molar-refractivity contribution < 1.29 is 4.79 Å². The average Bonchev–Trinajstić information content (AvgIpc) is 3.11. The van der Waals surface area contributed by atoms with Crippen LogP contribution in [-0.2, 0) is 18.3 Å². The number of para-hydroxylation sites is 1. The molecule has 27 heavy (non-hydrogen) atoms. The van der Waals surface area contributed by atoms with Crippen molar-refractivity contribution in [3.63, 3.8) is 0 Å². The van der Waals surface area contributed by atoms with Gasteiger partial charge in [-0.15, -0.1) is 0 Å². The lowest BCUT2D eigenvalue weighted by atomic mass is 9.98. The number of nitrogens with zero attached hydrogens (tertiary/aromatic N) is 2. The summed E-state index contributed by atoms with van der Waals surface area (Å²) in [6, 6.07) is 16.2. The Kier molecular flexibility index (Phi) is 4.56. The van der Waals surface area contributed by atoms with Gasteiger partial charge in [0.15, 0.2) is 0 Å². The summed E-state index contributed by atoms with van der Waals surface area (Å²) in [6.07, 6.45) is 2.98. The zero-order valence-corrected chi connectivity index (χ0v) is 16.6. The molecule has 138 valence electrons. The van der Waals surface area contributed by atoms with Crippen molar-refractivity contribution in [2.24, 2.45) is 7.05 Å². The Labute approximate surface area is 164 Å². The van der Waals surface area contributed by atoms with E-state index in [4.69, 9.17) is 11.6 Å². The SMILES string of the molecule is CC1=C(C)C(c2cn(C)c3ccccc23)N(CCc2ccc(Cl)cc2)C1=O. The summed E-state index contributed by atoms with van der Waals surface area (Å²) < 4.78 is 2.15. The van der Waals surface area contributed by atoms with Crippen molar-refractivity contribution in [1.82, 2.24) is 9.47 Å². The van der Waals surface area contributed by atoms with Gasteiger partial charge >= 0.3 is 0 Å². The quantitative estimate of drug-likeness (QED) is 0.605. The fraction of sp³-hybridized carbons (Fsp3) is 0.261. The first-order valence-electron chi connectivity index (χ1n) is 9.24. The molecule has 1 aromatic heterocycles. The molecule has 1 atom stereocenters. The fourth-order valence-electron chi connectivity index (χ4n) is 4.06. The third kappa shape index (κ3) is 3.06. The second-order valence-electron chi connectivity index (χ2n) is 7.30. The molecule has 0 saturated carbocycles. The van der Waals surface area contributed by atoms with Crippen molar-refractivity contribution in [1.29, 1.82) is 0 Å². The maximum atomic E-state index is 13.0. The molecule has 3 nitrogen and oxygen atoms in total. The molecule has 0 spiro atoms. The number of hydrogen-bond acceptors (Lipinski definition) is 1. The van der Waals surface area contributed by atoms with Gasteiger partial charge in [-0.1, -0.05) is 41.9 Å². The maximum absolute atomic E-state index is 13.0. The Morgan fingerprint density at radius 2 is 1.74 bits per heavy atom. The Morgan fingerprint density at radius 3 is 2.48 bits per heavy atom. The zero-order valence-electron chi connectivity index (χ0n) is 15.9. The average molecular weight is 379 g/mol. The first kappa shape index (κ1) is 17.9. The summed E-state index contributed by atoms with van der Waals surface area (Å²) in [5.41, 5.74) is 5.59. The monoisotopic (exact) mass is 378 g/mol. The second-order valence-corrected chi connectivity index (χ2v) is 7.73. The van der Waals surface area contributed by atoms with Crippen LogP contribution >= 0.6 is 11.6 Å². The lowest BCUT2D eigenvalue weighted by molar-refractivity contribution is -0.127. The predicted molar refractivity (Wildman–Crippen MR) is 111 cm³/mol. The summed E-state index contributed by atoms with van der Waals surface area (Å²) in [5.74, 6) is 0.138. The van der Waals surface area contributed by atoms with Crippen LogP contribution in [0.2, 0.25) is 5.02 Å². The number of aromatic nitrogens is 1. The molecule has 2 aromatic carbocycles. The van der Waals surface area contributed by atoms with Crippen molar-refractivity contribution in [3.8, 4) is 0 Å². The van der Waals surface area contributed by atoms with Crippen molar-refractivity contribution in [2.45, 2.75) is 26.3 Å². The molecule has 4 rings (SSSR count). The van der Waals surface area contributed by atoms with Crippen LogP contribution in [0, 0.1) is 0 Å². The topological polar surface area (TPSA) is 25.2 Å². The number of amides is 1. The van der Waals surface area contributed by atoms with Gasteiger partial charge in [-0.05, 0) is 49.6 Å². The smallest absolute Gasteiger partial charge is 0.250 e. The highest BCUT2D eigenvalue weighted by Crippen LogP contribution is 2.40. The van der Waals surface area contributed by atoms with E-state index in [0.717, 1.165) is 22.6 Å². The summed E-state index contributed by atoms with van der Waals surface area (Å²) >= 11 is 5.99. The molecule has 3 aromatic rings. The highest BCUT2D eigenvalue weighted by Gasteiger charge is 2.36. The van der Waals surface area contributed by atoms with E-state index in [2.05, 4.69) is 49.0 Å². The largest absolute Gasteiger partial charge is 0.350 e. The number of carbonyl (C=O) groups is 1. The third-order valence-corrected chi connectivity index (χ3v) is 5.92. The molecule has 2 heterocycles. The Balaban J connectivity index is 1.69. The predicted octanol–water partition coefficient (Wildman–Crippen LogP) is 5.29. The van der Waals surface area contributed by atoms with Gasteiger partial charge in [-0.3, -0.25) is 4.79 Å². The Morgan fingerprint density at radius 1 is 1.04 bits per heavy atom. The number of hydrogen-bond donors (Lipinski definition) is 0. The minimum absolute atomic E-state index is 0.00380. The number of aryl methyl sites for hydroxylation is 1. The van der Waals surface area contributed by atoms with Crippen LogP contribution in [-0.4, -0.2) is 21.9 Å². The van der Waals surface area contributed by atoms with Crippen LogP contribution in [0.15, 0.2) is 65.9 Å². The first-order valence-corrected chi connectivity index (χ1v) is 9.62. The first-order chi connectivity index (χ1) is 13.0. The molecular weight excluding hydrogens is 356 g/mol. The molecule has 0 radical (unpaired) electrons. The maximum Gasteiger partial charge on any atom is 0.250 e. The minimum Gasteiger partial charge on any atom is -0.350 e. The minimum atomic E-state index is -0.00380. The van der Waals surface area contributed by atoms with Gasteiger partial charge in [-0.2, -0.15) is 0 Å². The molecule has 0 fully saturated rings. The number of fused-ring (bicyclic) bond motifs is 1. The van der Waals surface area contributed by atoms with E-state index < -0.39 is 0 Å². The van der Waals surface area contributed by atoms with E-state index in [1.807, 2.05) is 36.1 Å². The molecule has 0 aliphatic carbocycles. The van der Waals surface area contributed by atoms with Gasteiger partial charge in [0.1, 0.15) is 0 Å². The van der Waals surface area contributed by atoms with E-state index >= 15 is 0 Å². The van der Waals surface area contributed by atoms with Crippen LogP contribution in [0.25, 0.3) is 10.9 Å². The molecule has 0 bridgehead atoms. The molecule has 1 unspecified atom stereocenters. The van der Waals surface area contributed by atoms with Gasteiger partial charge in [0.2, 0.25) is 5.91 Å². The van der Waals surface area contributed by atoms with Crippen LogP contribution in [0.3, 0.4) is 0 Å². The number of benzene rings is 2. The summed E-state index contributed by atoms with van der Waals surface area (Å²) in [4.78, 5) is 15.0. The fourth-order valence-corrected chi connectivity index (χ4v) is 4.19. The van der Waals surface area contributed by atoms with E-state index in [1.165, 1.54) is 22.0 Å². The lowest BCUT2D eigenvalue weighted by Gasteiger charge is -2.26. The van der Waals surface area contributed by atoms with Gasteiger partial charge < -0.3 is 9.47 Å². The summed E-state index contributed by atoms with van der Waals surface area (Å²) in [7, 11) is 2.06. The molecule has 4 heteroatoms. The normalized spacial score (nSPS) is 17.4. The number of halogens is 1. The Bertz CT molecular complexity index is 1050. The van der Waals surface area contributed by atoms with Crippen LogP contribution < -0.4 is 0 Å². The van der Waals surface area contributed by atoms with Crippen molar-refractivity contribution in [3.05, 3.63) is 82.0 Å². The molecule has 0 saturated heterocycles. The van der Waals surface area contributed by atoms with Gasteiger partial charge in [-0.25, -0.2) is 0 Å². The third-order valence-electron chi connectivity index (χ3n) is 5.67. The van der Waals surface area contributed by atoms with Crippen LogP contribution in [0.4, 0.5) is 0 Å². The summed E-state index contributed by atoms with van der Waals surface area (Å²) in [6.45, 7) is 4.71.